The minimum atomic E-state index is -0.105. The number of anilines is 1. The van der Waals surface area contributed by atoms with E-state index >= 15 is 0 Å². The number of aromatic nitrogens is 1. The molecule has 164 valence electrons. The van der Waals surface area contributed by atoms with Crippen molar-refractivity contribution in [2.75, 3.05) is 5.32 Å². The van der Waals surface area contributed by atoms with Gasteiger partial charge in [-0.3, -0.25) is 4.79 Å². The first-order valence-corrected chi connectivity index (χ1v) is 12.8. The summed E-state index contributed by atoms with van der Waals surface area (Å²) in [6.07, 6.45) is 0. The monoisotopic (exact) mass is 476 g/mol. The number of rotatable bonds is 5. The van der Waals surface area contributed by atoms with E-state index in [9.17, 15) is 4.79 Å². The van der Waals surface area contributed by atoms with Crippen molar-refractivity contribution in [2.24, 2.45) is 0 Å². The lowest BCUT2D eigenvalue weighted by Crippen LogP contribution is -2.12. The molecule has 0 bridgehead atoms. The zero-order valence-corrected chi connectivity index (χ0v) is 19.8. The Morgan fingerprint density at radius 1 is 0.794 bits per heavy atom. The lowest BCUT2D eigenvalue weighted by Gasteiger charge is -2.08. The number of fused-ring (bicyclic) bond motifs is 3. The Labute approximate surface area is 205 Å². The zero-order valence-electron chi connectivity index (χ0n) is 18.2. The minimum Gasteiger partial charge on any atom is -0.322 e. The fourth-order valence-electron chi connectivity index (χ4n) is 4.22. The molecule has 0 atom stereocenters. The fraction of sp³-hybridized carbons (Fsp3) is 0.0345. The van der Waals surface area contributed by atoms with Crippen molar-refractivity contribution in [3.8, 4) is 0 Å². The number of carbonyl (C=O) groups is 1. The molecule has 1 amide bonds. The minimum absolute atomic E-state index is 0.105. The Morgan fingerprint density at radius 2 is 1.50 bits per heavy atom. The molecule has 6 aromatic rings. The number of thioether (sulfide) groups is 1. The zero-order chi connectivity index (χ0) is 22.9. The molecule has 0 aliphatic heterocycles. The van der Waals surface area contributed by atoms with E-state index in [1.54, 1.807) is 23.1 Å². The van der Waals surface area contributed by atoms with Gasteiger partial charge in [0.15, 0.2) is 4.34 Å². The SMILES string of the molecule is O=C(Nc1ccc2nc(SCc3cccc4ccccc34)sc2c1)c1cccc2ccccc12. The molecule has 0 saturated carbocycles. The highest BCUT2D eigenvalue weighted by Gasteiger charge is 2.12. The highest BCUT2D eigenvalue weighted by Crippen LogP contribution is 2.34. The van der Waals surface area contributed by atoms with Crippen LogP contribution in [0.15, 0.2) is 107 Å². The van der Waals surface area contributed by atoms with Crippen LogP contribution in [0.25, 0.3) is 31.8 Å². The summed E-state index contributed by atoms with van der Waals surface area (Å²) in [6, 6.07) is 34.6. The molecule has 0 spiro atoms. The van der Waals surface area contributed by atoms with E-state index in [0.29, 0.717) is 5.56 Å². The molecule has 0 radical (unpaired) electrons. The summed E-state index contributed by atoms with van der Waals surface area (Å²) in [5.74, 6) is 0.762. The normalized spacial score (nSPS) is 11.3. The van der Waals surface area contributed by atoms with Crippen LogP contribution in [0, 0.1) is 0 Å². The van der Waals surface area contributed by atoms with Crippen LogP contribution in [0.5, 0.6) is 0 Å². The third kappa shape index (κ3) is 4.04. The first kappa shape index (κ1) is 20.9. The maximum absolute atomic E-state index is 13.0. The largest absolute Gasteiger partial charge is 0.322 e. The van der Waals surface area contributed by atoms with Crippen molar-refractivity contribution in [3.63, 3.8) is 0 Å². The topological polar surface area (TPSA) is 42.0 Å². The van der Waals surface area contributed by atoms with Crippen molar-refractivity contribution in [3.05, 3.63) is 114 Å². The van der Waals surface area contributed by atoms with Crippen LogP contribution in [-0.2, 0) is 5.75 Å². The summed E-state index contributed by atoms with van der Waals surface area (Å²) in [6.45, 7) is 0. The Kier molecular flexibility index (Phi) is 5.49. The molecule has 5 heteroatoms. The van der Waals surface area contributed by atoms with Gasteiger partial charge in [-0.25, -0.2) is 4.98 Å². The number of hydrogen-bond donors (Lipinski definition) is 1. The number of nitrogens with zero attached hydrogens (tertiary/aromatic N) is 1. The third-order valence-corrected chi connectivity index (χ3v) is 8.10. The number of thiazole rings is 1. The average Bonchev–Trinajstić information content (AvgIpc) is 3.29. The van der Waals surface area contributed by atoms with E-state index in [1.165, 1.54) is 16.3 Å². The summed E-state index contributed by atoms with van der Waals surface area (Å²) in [4.78, 5) is 17.8. The summed E-state index contributed by atoms with van der Waals surface area (Å²) in [7, 11) is 0. The lowest BCUT2D eigenvalue weighted by molar-refractivity contribution is 0.102. The maximum Gasteiger partial charge on any atom is 0.256 e. The molecule has 0 aliphatic carbocycles. The molecule has 1 N–H and O–H groups in total. The second-order valence-corrected chi connectivity index (χ2v) is 10.3. The van der Waals surface area contributed by atoms with Crippen molar-refractivity contribution < 1.29 is 4.79 Å². The lowest BCUT2D eigenvalue weighted by atomic mass is 10.0. The van der Waals surface area contributed by atoms with Gasteiger partial charge in [-0.1, -0.05) is 90.6 Å². The number of nitrogens with one attached hydrogen (secondary N) is 1. The quantitative estimate of drug-likeness (QED) is 0.255. The second kappa shape index (κ2) is 8.93. The van der Waals surface area contributed by atoms with Crippen LogP contribution in [-0.4, -0.2) is 10.9 Å². The summed E-state index contributed by atoms with van der Waals surface area (Å²) < 4.78 is 2.09. The van der Waals surface area contributed by atoms with E-state index in [2.05, 4.69) is 47.8 Å². The first-order chi connectivity index (χ1) is 16.7. The Bertz CT molecular complexity index is 1660. The third-order valence-electron chi connectivity index (χ3n) is 5.89. The van der Waals surface area contributed by atoms with Gasteiger partial charge in [0, 0.05) is 17.0 Å². The van der Waals surface area contributed by atoms with Gasteiger partial charge in [0.05, 0.1) is 10.2 Å². The van der Waals surface area contributed by atoms with Crippen LogP contribution >= 0.6 is 23.1 Å². The predicted octanol–water partition coefficient (Wildman–Crippen LogP) is 8.15. The number of hydrogen-bond acceptors (Lipinski definition) is 4. The second-order valence-electron chi connectivity index (χ2n) is 8.07. The Morgan fingerprint density at radius 3 is 2.35 bits per heavy atom. The van der Waals surface area contributed by atoms with Gasteiger partial charge in [0.25, 0.3) is 5.91 Å². The van der Waals surface area contributed by atoms with Gasteiger partial charge in [0.2, 0.25) is 0 Å². The molecule has 0 fully saturated rings. The highest BCUT2D eigenvalue weighted by molar-refractivity contribution is 8.00. The van der Waals surface area contributed by atoms with Gasteiger partial charge in [-0.05, 0) is 51.4 Å². The van der Waals surface area contributed by atoms with Crippen LogP contribution in [0.1, 0.15) is 15.9 Å². The van der Waals surface area contributed by atoms with Gasteiger partial charge >= 0.3 is 0 Å². The van der Waals surface area contributed by atoms with Gasteiger partial charge in [-0.15, -0.1) is 11.3 Å². The molecule has 34 heavy (non-hydrogen) atoms. The van der Waals surface area contributed by atoms with E-state index in [-0.39, 0.29) is 5.91 Å². The van der Waals surface area contributed by atoms with Gasteiger partial charge in [0.1, 0.15) is 0 Å². The molecule has 6 rings (SSSR count). The summed E-state index contributed by atoms with van der Waals surface area (Å²) >= 11 is 3.41. The van der Waals surface area contributed by atoms with Crippen LogP contribution in [0.2, 0.25) is 0 Å². The Hall–Kier alpha value is -3.67. The fourth-order valence-corrected chi connectivity index (χ4v) is 6.33. The predicted molar refractivity (Wildman–Crippen MR) is 145 cm³/mol. The number of amides is 1. The summed E-state index contributed by atoms with van der Waals surface area (Å²) in [5.41, 5.74) is 3.72. The average molecular weight is 477 g/mol. The first-order valence-electron chi connectivity index (χ1n) is 11.0. The van der Waals surface area contributed by atoms with E-state index in [1.807, 2.05) is 60.7 Å². The highest BCUT2D eigenvalue weighted by atomic mass is 32.2. The van der Waals surface area contributed by atoms with Crippen molar-refractivity contribution >= 4 is 66.5 Å². The van der Waals surface area contributed by atoms with Crippen molar-refractivity contribution in [2.45, 2.75) is 10.1 Å². The van der Waals surface area contributed by atoms with Crippen LogP contribution < -0.4 is 5.32 Å². The van der Waals surface area contributed by atoms with E-state index < -0.39 is 0 Å². The molecule has 1 heterocycles. The van der Waals surface area contributed by atoms with E-state index in [4.69, 9.17) is 4.98 Å². The van der Waals surface area contributed by atoms with Crippen LogP contribution in [0.4, 0.5) is 5.69 Å². The number of carbonyl (C=O) groups excluding carboxylic acids is 1. The van der Waals surface area contributed by atoms with E-state index in [0.717, 1.165) is 36.8 Å². The summed E-state index contributed by atoms with van der Waals surface area (Å²) in [5, 5.41) is 7.62. The van der Waals surface area contributed by atoms with Crippen molar-refractivity contribution in [1.82, 2.24) is 4.98 Å². The number of benzene rings is 5. The Balaban J connectivity index is 1.22. The maximum atomic E-state index is 13.0. The molecule has 0 aliphatic rings. The molecular formula is C29H20N2OS2. The standard InChI is InChI=1S/C29H20N2OS2/c32-28(25-14-6-10-20-8-2-4-13-24(20)25)30-22-15-16-26-27(17-22)34-29(31-26)33-18-21-11-5-9-19-7-1-3-12-23(19)21/h1-17H,18H2,(H,30,32). The van der Waals surface area contributed by atoms with Crippen molar-refractivity contribution in [1.29, 1.82) is 0 Å². The molecule has 0 unspecified atom stereocenters. The molecule has 1 aromatic heterocycles. The molecule has 0 saturated heterocycles. The molecular weight excluding hydrogens is 456 g/mol. The van der Waals surface area contributed by atoms with Crippen LogP contribution in [0.3, 0.4) is 0 Å². The van der Waals surface area contributed by atoms with Gasteiger partial charge in [-0.2, -0.15) is 0 Å². The smallest absolute Gasteiger partial charge is 0.256 e. The molecule has 3 nitrogen and oxygen atoms in total. The van der Waals surface area contributed by atoms with Gasteiger partial charge < -0.3 is 5.32 Å². The molecule has 5 aromatic carbocycles.